The normalized spacial score (nSPS) is 11.3. The second-order valence-corrected chi connectivity index (χ2v) is 8.55. The molecule has 6 nitrogen and oxygen atoms in total. The summed E-state index contributed by atoms with van der Waals surface area (Å²) in [5.74, 6) is -0.847. The molecule has 0 aliphatic carbocycles. The molecule has 0 saturated heterocycles. The van der Waals surface area contributed by atoms with Crippen molar-refractivity contribution in [3.05, 3.63) is 105 Å². The summed E-state index contributed by atoms with van der Waals surface area (Å²) in [5.41, 5.74) is 3.45. The molecule has 2 aliphatic rings. The molecule has 5 rings (SSSR count). The molecule has 0 saturated carbocycles. The number of carbonyl (C=O) groups excluding carboxylic acids is 1. The van der Waals surface area contributed by atoms with Gasteiger partial charge in [-0.05, 0) is 48.4 Å². The maximum absolute atomic E-state index is 14.1. The SMILES string of the molecule is Cc1ccc(NC(=O)Cn2nc3c4cc(F)ccc4n(Cc4ccccc4)cc-3c2=O)cc1Cl. The van der Waals surface area contributed by atoms with Crippen molar-refractivity contribution in [2.24, 2.45) is 0 Å². The van der Waals surface area contributed by atoms with Gasteiger partial charge < -0.3 is 9.88 Å². The van der Waals surface area contributed by atoms with Crippen LogP contribution < -0.4 is 10.9 Å². The van der Waals surface area contributed by atoms with Gasteiger partial charge in [0.15, 0.2) is 0 Å². The Morgan fingerprint density at radius 3 is 2.65 bits per heavy atom. The number of rotatable bonds is 5. The zero-order valence-corrected chi connectivity index (χ0v) is 19.0. The Hall–Kier alpha value is -3.97. The number of carbonyl (C=O) groups is 1. The second-order valence-electron chi connectivity index (χ2n) is 8.14. The van der Waals surface area contributed by atoms with E-state index in [0.717, 1.165) is 21.3 Å². The van der Waals surface area contributed by atoms with Crippen LogP contribution in [0.3, 0.4) is 0 Å². The molecule has 2 aliphatic heterocycles. The number of hydrogen-bond donors (Lipinski definition) is 1. The highest BCUT2D eigenvalue weighted by Crippen LogP contribution is 2.29. The molecular formula is C26H20ClFN4O2. The summed E-state index contributed by atoms with van der Waals surface area (Å²) in [5, 5.41) is 8.15. The Labute approximate surface area is 199 Å². The molecule has 0 bridgehead atoms. The van der Waals surface area contributed by atoms with E-state index >= 15 is 0 Å². The number of pyridine rings is 1. The molecule has 0 unspecified atom stereocenters. The van der Waals surface area contributed by atoms with E-state index in [1.165, 1.54) is 12.1 Å². The number of aromatic nitrogens is 3. The number of benzene rings is 3. The van der Waals surface area contributed by atoms with Crippen molar-refractivity contribution >= 4 is 34.1 Å². The van der Waals surface area contributed by atoms with Gasteiger partial charge in [-0.25, -0.2) is 9.07 Å². The Balaban J connectivity index is 1.53. The fourth-order valence-electron chi connectivity index (χ4n) is 3.97. The van der Waals surface area contributed by atoms with Crippen LogP contribution in [0.25, 0.3) is 22.2 Å². The van der Waals surface area contributed by atoms with Gasteiger partial charge in [-0.3, -0.25) is 9.59 Å². The number of nitrogens with one attached hydrogen (secondary N) is 1. The van der Waals surface area contributed by atoms with Crippen molar-refractivity contribution in [2.75, 3.05) is 5.32 Å². The summed E-state index contributed by atoms with van der Waals surface area (Å²) < 4.78 is 17.1. The Morgan fingerprint density at radius 2 is 1.88 bits per heavy atom. The minimum Gasteiger partial charge on any atom is -0.342 e. The molecule has 34 heavy (non-hydrogen) atoms. The van der Waals surface area contributed by atoms with E-state index in [-0.39, 0.29) is 6.54 Å². The number of nitrogens with zero attached hydrogens (tertiary/aromatic N) is 3. The maximum Gasteiger partial charge on any atom is 0.278 e. The molecule has 170 valence electrons. The van der Waals surface area contributed by atoms with E-state index in [9.17, 15) is 14.0 Å². The third kappa shape index (κ3) is 4.18. The average molecular weight is 475 g/mol. The number of hydrogen-bond acceptors (Lipinski definition) is 3. The first-order valence-corrected chi connectivity index (χ1v) is 11.1. The molecule has 0 spiro atoms. The largest absolute Gasteiger partial charge is 0.342 e. The molecule has 3 aromatic rings. The predicted octanol–water partition coefficient (Wildman–Crippen LogP) is 5.09. The van der Waals surface area contributed by atoms with Gasteiger partial charge in [0, 0.05) is 28.8 Å². The van der Waals surface area contributed by atoms with E-state index in [1.807, 2.05) is 41.8 Å². The first kappa shape index (κ1) is 21.9. The molecule has 0 aromatic heterocycles. The molecule has 2 heterocycles. The van der Waals surface area contributed by atoms with Crippen molar-refractivity contribution in [2.45, 2.75) is 20.0 Å². The minimum atomic E-state index is -0.428. The van der Waals surface area contributed by atoms with Crippen molar-refractivity contribution in [3.8, 4) is 11.3 Å². The fraction of sp³-hybridized carbons (Fsp3) is 0.115. The van der Waals surface area contributed by atoms with Gasteiger partial charge in [0.2, 0.25) is 5.91 Å². The molecule has 0 fully saturated rings. The summed E-state index contributed by atoms with van der Waals surface area (Å²) in [6, 6.07) is 19.4. The highest BCUT2D eigenvalue weighted by Gasteiger charge is 2.22. The van der Waals surface area contributed by atoms with Crippen LogP contribution in [-0.4, -0.2) is 20.3 Å². The number of aryl methyl sites for hydroxylation is 1. The number of halogens is 2. The number of anilines is 1. The van der Waals surface area contributed by atoms with Crippen LogP contribution in [0.4, 0.5) is 10.1 Å². The summed E-state index contributed by atoms with van der Waals surface area (Å²) in [6.07, 6.45) is 1.71. The molecule has 1 amide bonds. The quantitative estimate of drug-likeness (QED) is 0.385. The smallest absolute Gasteiger partial charge is 0.278 e. The lowest BCUT2D eigenvalue weighted by molar-refractivity contribution is -0.116. The van der Waals surface area contributed by atoms with Crippen LogP contribution in [0.5, 0.6) is 0 Å². The lowest BCUT2D eigenvalue weighted by atomic mass is 10.1. The van der Waals surface area contributed by atoms with Gasteiger partial charge in [0.25, 0.3) is 5.56 Å². The van der Waals surface area contributed by atoms with Gasteiger partial charge >= 0.3 is 0 Å². The van der Waals surface area contributed by atoms with Gasteiger partial charge in [-0.2, -0.15) is 5.10 Å². The van der Waals surface area contributed by atoms with Crippen molar-refractivity contribution in [3.63, 3.8) is 0 Å². The number of amides is 1. The molecule has 0 radical (unpaired) electrons. The third-order valence-electron chi connectivity index (χ3n) is 5.69. The van der Waals surface area contributed by atoms with Gasteiger partial charge in [-0.15, -0.1) is 0 Å². The van der Waals surface area contributed by atoms with Crippen LogP contribution in [-0.2, 0) is 17.9 Å². The Morgan fingerprint density at radius 1 is 1.09 bits per heavy atom. The fourth-order valence-corrected chi connectivity index (χ4v) is 4.16. The van der Waals surface area contributed by atoms with E-state index < -0.39 is 17.3 Å². The van der Waals surface area contributed by atoms with Crippen molar-refractivity contribution < 1.29 is 9.18 Å². The van der Waals surface area contributed by atoms with Crippen LogP contribution in [0.2, 0.25) is 5.02 Å². The molecule has 8 heteroatoms. The highest BCUT2D eigenvalue weighted by molar-refractivity contribution is 6.31. The Kier molecular flexibility index (Phi) is 5.63. The van der Waals surface area contributed by atoms with Crippen molar-refractivity contribution in [1.82, 2.24) is 14.3 Å². The number of fused-ring (bicyclic) bond motifs is 3. The molecule has 1 N–H and O–H groups in total. The summed E-state index contributed by atoms with van der Waals surface area (Å²) in [7, 11) is 0. The van der Waals surface area contributed by atoms with E-state index in [1.54, 1.807) is 30.5 Å². The zero-order chi connectivity index (χ0) is 23.8. The van der Waals surface area contributed by atoms with Crippen molar-refractivity contribution in [1.29, 1.82) is 0 Å². The van der Waals surface area contributed by atoms with Crippen LogP contribution in [0.15, 0.2) is 77.7 Å². The van der Waals surface area contributed by atoms with E-state index in [0.29, 0.717) is 33.9 Å². The lowest BCUT2D eigenvalue weighted by Crippen LogP contribution is -2.26. The molecular weight excluding hydrogens is 455 g/mol. The van der Waals surface area contributed by atoms with E-state index in [2.05, 4.69) is 10.4 Å². The summed E-state index contributed by atoms with van der Waals surface area (Å²) >= 11 is 6.13. The van der Waals surface area contributed by atoms with Crippen LogP contribution in [0, 0.1) is 12.7 Å². The first-order chi connectivity index (χ1) is 16.4. The summed E-state index contributed by atoms with van der Waals surface area (Å²) in [6.45, 7) is 2.08. The zero-order valence-electron chi connectivity index (χ0n) is 18.3. The minimum absolute atomic E-state index is 0.283. The van der Waals surface area contributed by atoms with Gasteiger partial charge in [0.1, 0.15) is 18.1 Å². The highest BCUT2D eigenvalue weighted by atomic mass is 35.5. The summed E-state index contributed by atoms with van der Waals surface area (Å²) in [4.78, 5) is 25.8. The van der Waals surface area contributed by atoms with Crippen LogP contribution >= 0.6 is 11.6 Å². The maximum atomic E-state index is 14.1. The third-order valence-corrected chi connectivity index (χ3v) is 6.10. The first-order valence-electron chi connectivity index (χ1n) is 10.7. The average Bonchev–Trinajstić information content (AvgIpc) is 3.12. The predicted molar refractivity (Wildman–Crippen MR) is 131 cm³/mol. The monoisotopic (exact) mass is 474 g/mol. The standard InChI is InChI=1S/C26H20ClFN4O2/c1-16-7-9-19(12-22(16)27)29-24(33)15-32-26(34)21-14-31(13-17-5-3-2-4-6-17)23-10-8-18(28)11-20(23)25(21)30-32/h2-12,14H,13,15H2,1H3,(H,29,33). The topological polar surface area (TPSA) is 68.9 Å². The molecule has 3 aromatic carbocycles. The second kappa shape index (κ2) is 8.76. The van der Waals surface area contributed by atoms with E-state index in [4.69, 9.17) is 11.6 Å². The molecule has 0 atom stereocenters. The van der Waals surface area contributed by atoms with Gasteiger partial charge in [-0.1, -0.05) is 48.0 Å². The van der Waals surface area contributed by atoms with Gasteiger partial charge in [0.05, 0.1) is 11.1 Å². The Bertz CT molecular complexity index is 1560. The van der Waals surface area contributed by atoms with Crippen LogP contribution in [0.1, 0.15) is 11.1 Å². The lowest BCUT2D eigenvalue weighted by Gasteiger charge is -2.14.